The lowest BCUT2D eigenvalue weighted by Gasteiger charge is -2.31. The summed E-state index contributed by atoms with van der Waals surface area (Å²) in [5.41, 5.74) is 12.9. The lowest BCUT2D eigenvalue weighted by atomic mass is 9.92. The predicted molar refractivity (Wildman–Crippen MR) is 176 cm³/mol. The highest BCUT2D eigenvalue weighted by Gasteiger charge is 2.30. The number of fused-ring (bicyclic) bond motifs is 1. The zero-order valence-corrected chi connectivity index (χ0v) is 25.2. The highest BCUT2D eigenvalue weighted by molar-refractivity contribution is 6.19. The summed E-state index contributed by atoms with van der Waals surface area (Å²) in [4.78, 5) is 35.1. The van der Waals surface area contributed by atoms with Gasteiger partial charge in [0.25, 0.3) is 11.8 Å². The number of nitrogens with one attached hydrogen (secondary N) is 1. The van der Waals surface area contributed by atoms with Crippen molar-refractivity contribution in [3.05, 3.63) is 118 Å². The average molecular weight is 584 g/mol. The largest absolute Gasteiger partial charge is 0.339 e. The maximum atomic E-state index is 13.7. The number of anilines is 1. The van der Waals surface area contributed by atoms with Gasteiger partial charge in [0.2, 0.25) is 0 Å². The molecule has 4 aliphatic rings. The van der Waals surface area contributed by atoms with Crippen LogP contribution in [-0.2, 0) is 6.42 Å². The molecule has 3 heterocycles. The number of allylic oxidation sites excluding steroid dienone is 2. The van der Waals surface area contributed by atoms with Crippen LogP contribution in [0.25, 0.3) is 5.70 Å². The third kappa shape index (κ3) is 5.39. The molecule has 3 aromatic rings. The van der Waals surface area contributed by atoms with Gasteiger partial charge in [-0.3, -0.25) is 15.0 Å². The summed E-state index contributed by atoms with van der Waals surface area (Å²) in [6, 6.07) is 20.0. The molecule has 7 nitrogen and oxygen atoms in total. The quantitative estimate of drug-likeness (QED) is 0.366. The van der Waals surface area contributed by atoms with Crippen molar-refractivity contribution >= 4 is 35.2 Å². The van der Waals surface area contributed by atoms with Crippen LogP contribution in [0.4, 0.5) is 5.69 Å². The molecule has 44 heavy (non-hydrogen) atoms. The maximum Gasteiger partial charge on any atom is 0.258 e. The Kier molecular flexibility index (Phi) is 7.46. The van der Waals surface area contributed by atoms with Crippen molar-refractivity contribution in [2.45, 2.75) is 51.4 Å². The first-order chi connectivity index (χ1) is 21.5. The second-order valence-electron chi connectivity index (χ2n) is 12.2. The van der Waals surface area contributed by atoms with Crippen molar-refractivity contribution < 1.29 is 9.59 Å². The molecule has 7 heteroatoms. The molecule has 0 atom stereocenters. The summed E-state index contributed by atoms with van der Waals surface area (Å²) >= 11 is 0. The first-order valence-corrected chi connectivity index (χ1v) is 15.7. The Balaban J connectivity index is 1.13. The molecule has 222 valence electrons. The second kappa shape index (κ2) is 11.7. The number of likely N-dealkylation sites (tertiary alicyclic amines) is 1. The molecule has 7 rings (SSSR count). The van der Waals surface area contributed by atoms with Crippen LogP contribution in [0.5, 0.6) is 0 Å². The normalized spacial score (nSPS) is 21.7. The Bertz CT molecular complexity index is 1740. The number of rotatable bonds is 5. The molecule has 1 saturated heterocycles. The van der Waals surface area contributed by atoms with Gasteiger partial charge in [0, 0.05) is 42.0 Å². The zero-order valence-electron chi connectivity index (χ0n) is 25.2. The van der Waals surface area contributed by atoms with E-state index in [1.54, 1.807) is 0 Å². The van der Waals surface area contributed by atoms with E-state index in [9.17, 15) is 9.59 Å². The van der Waals surface area contributed by atoms with Crippen LogP contribution >= 0.6 is 0 Å². The summed E-state index contributed by atoms with van der Waals surface area (Å²) in [7, 11) is 0. The van der Waals surface area contributed by atoms with Gasteiger partial charge in [-0.25, -0.2) is 4.99 Å². The number of benzene rings is 3. The van der Waals surface area contributed by atoms with Gasteiger partial charge >= 0.3 is 0 Å². The summed E-state index contributed by atoms with van der Waals surface area (Å²) in [5.74, 6) is 0.801. The topological polar surface area (TPSA) is 77.4 Å². The summed E-state index contributed by atoms with van der Waals surface area (Å²) < 4.78 is 0. The van der Waals surface area contributed by atoms with E-state index in [0.717, 1.165) is 77.1 Å². The lowest BCUT2D eigenvalue weighted by molar-refractivity contribution is 0.0724. The fraction of sp³-hybridized carbons (Fsp3) is 0.297. The highest BCUT2D eigenvalue weighted by atomic mass is 16.2. The second-order valence-corrected chi connectivity index (χ2v) is 12.2. The summed E-state index contributed by atoms with van der Waals surface area (Å²) in [5, 5.41) is 4.32. The lowest BCUT2D eigenvalue weighted by Crippen LogP contribution is -2.38. The summed E-state index contributed by atoms with van der Waals surface area (Å²) in [6.07, 6.45) is 10.1. The number of carbonyl (C=O) groups excluding carboxylic acids is 2. The first kappa shape index (κ1) is 28.0. The number of amides is 2. The Morgan fingerprint density at radius 2 is 1.75 bits per heavy atom. The van der Waals surface area contributed by atoms with E-state index in [2.05, 4.69) is 34.2 Å². The molecule has 2 amide bonds. The maximum absolute atomic E-state index is 13.7. The molecular formula is C37H37N5O2. The number of piperidine rings is 1. The van der Waals surface area contributed by atoms with Gasteiger partial charge in [0.1, 0.15) is 6.34 Å². The highest BCUT2D eigenvalue weighted by Crippen LogP contribution is 2.41. The van der Waals surface area contributed by atoms with Crippen LogP contribution < -0.4 is 10.3 Å². The van der Waals surface area contributed by atoms with Crippen LogP contribution in [0.15, 0.2) is 89.0 Å². The van der Waals surface area contributed by atoms with Crippen LogP contribution in [0.2, 0.25) is 0 Å². The SMILES string of the molecule is C=C1/C=C(/c2ccc(C(=O)N3CCCCC3)cc2)N/N=C\N=C/1c1cccc(N2CCc3cc(C4CC4)ccc3C2=O)c1C. The van der Waals surface area contributed by atoms with Crippen molar-refractivity contribution in [1.82, 2.24) is 10.3 Å². The van der Waals surface area contributed by atoms with E-state index in [1.807, 2.05) is 71.3 Å². The van der Waals surface area contributed by atoms with Crippen LogP contribution in [-0.4, -0.2) is 48.4 Å². The monoisotopic (exact) mass is 583 g/mol. The van der Waals surface area contributed by atoms with Gasteiger partial charge in [0.15, 0.2) is 0 Å². The molecule has 0 unspecified atom stereocenters. The predicted octanol–water partition coefficient (Wildman–Crippen LogP) is 6.63. The average Bonchev–Trinajstić information content (AvgIpc) is 3.90. The van der Waals surface area contributed by atoms with Gasteiger partial charge in [0.05, 0.1) is 11.4 Å². The van der Waals surface area contributed by atoms with Crippen molar-refractivity contribution in [3.8, 4) is 0 Å². The minimum atomic E-state index is 0.0439. The number of carbonyl (C=O) groups is 2. The number of aliphatic imine (C=N–C) groups is 1. The molecule has 1 N–H and O–H groups in total. The third-order valence-electron chi connectivity index (χ3n) is 9.25. The van der Waals surface area contributed by atoms with E-state index >= 15 is 0 Å². The molecule has 3 aromatic carbocycles. The molecule has 0 aromatic heterocycles. The molecular weight excluding hydrogens is 546 g/mol. The molecule has 0 bridgehead atoms. The smallest absolute Gasteiger partial charge is 0.258 e. The number of hydrogen-bond donors (Lipinski definition) is 1. The van der Waals surface area contributed by atoms with E-state index in [-0.39, 0.29) is 11.8 Å². The minimum absolute atomic E-state index is 0.0439. The van der Waals surface area contributed by atoms with E-state index in [0.29, 0.717) is 23.7 Å². The van der Waals surface area contributed by atoms with Crippen LogP contribution in [0.1, 0.15) is 86.6 Å². The van der Waals surface area contributed by atoms with E-state index < -0.39 is 0 Å². The fourth-order valence-corrected chi connectivity index (χ4v) is 6.59. The standard InChI is InChI=1S/C37H37N5O2/c1-24-21-33(27-11-13-28(14-12-27)36(43)41-18-4-3-5-19-41)40-39-23-38-35(24)31-7-6-8-34(25(31)2)42-20-17-30-22-29(26-9-10-26)15-16-32(30)37(42)44/h6-8,11-16,21-23,26,40H,1,3-5,9-10,17-20H2,2H3/b33-21-,38-35+,39-23-. The Labute approximate surface area is 258 Å². The molecule has 1 saturated carbocycles. The zero-order chi connectivity index (χ0) is 30.2. The van der Waals surface area contributed by atoms with Crippen LogP contribution in [0.3, 0.4) is 0 Å². The van der Waals surface area contributed by atoms with E-state index in [4.69, 9.17) is 0 Å². The van der Waals surface area contributed by atoms with Crippen molar-refractivity contribution in [1.29, 1.82) is 0 Å². The van der Waals surface area contributed by atoms with Crippen LogP contribution in [0, 0.1) is 6.92 Å². The Morgan fingerprint density at radius 1 is 0.955 bits per heavy atom. The van der Waals surface area contributed by atoms with Crippen molar-refractivity contribution in [2.24, 2.45) is 10.1 Å². The summed E-state index contributed by atoms with van der Waals surface area (Å²) in [6.45, 7) is 8.69. The minimum Gasteiger partial charge on any atom is -0.339 e. The number of hydrazone groups is 1. The van der Waals surface area contributed by atoms with Crippen molar-refractivity contribution in [3.63, 3.8) is 0 Å². The van der Waals surface area contributed by atoms with Gasteiger partial charge in [-0.05, 0) is 110 Å². The molecule has 1 aliphatic carbocycles. The molecule has 0 radical (unpaired) electrons. The Hall–Kier alpha value is -4.78. The van der Waals surface area contributed by atoms with Crippen molar-refractivity contribution in [2.75, 3.05) is 24.5 Å². The van der Waals surface area contributed by atoms with Gasteiger partial charge < -0.3 is 9.80 Å². The van der Waals surface area contributed by atoms with E-state index in [1.165, 1.54) is 31.2 Å². The molecule has 2 fully saturated rings. The first-order valence-electron chi connectivity index (χ1n) is 15.7. The third-order valence-corrected chi connectivity index (χ3v) is 9.25. The van der Waals surface area contributed by atoms with Gasteiger partial charge in [-0.2, -0.15) is 5.10 Å². The fourth-order valence-electron chi connectivity index (χ4n) is 6.59. The molecule has 0 spiro atoms. The molecule has 3 aliphatic heterocycles. The number of hydrogen-bond acceptors (Lipinski definition) is 5. The van der Waals surface area contributed by atoms with Gasteiger partial charge in [-0.15, -0.1) is 0 Å². The van der Waals surface area contributed by atoms with Gasteiger partial charge in [-0.1, -0.05) is 43.0 Å². The Morgan fingerprint density at radius 3 is 2.52 bits per heavy atom. The number of nitrogens with zero attached hydrogens (tertiary/aromatic N) is 4.